The summed E-state index contributed by atoms with van der Waals surface area (Å²) in [6.45, 7) is 2.86. The molecule has 7 heteroatoms. The number of hydrogen-bond acceptors (Lipinski definition) is 3. The van der Waals surface area contributed by atoms with Crippen molar-refractivity contribution in [3.63, 3.8) is 0 Å². The molecule has 0 saturated carbocycles. The van der Waals surface area contributed by atoms with E-state index in [9.17, 15) is 18.0 Å². The molecule has 17 heavy (non-hydrogen) atoms. The Balaban J connectivity index is 3.34. The van der Waals surface area contributed by atoms with Crippen LogP contribution in [-0.4, -0.2) is 14.9 Å². The summed E-state index contributed by atoms with van der Waals surface area (Å²) in [5.41, 5.74) is -2.15. The van der Waals surface area contributed by atoms with Crippen LogP contribution in [0.15, 0.2) is 10.9 Å². The zero-order valence-electron chi connectivity index (χ0n) is 9.45. The van der Waals surface area contributed by atoms with Gasteiger partial charge in [-0.3, -0.25) is 4.79 Å². The fraction of sp³-hybridized carbons (Fsp3) is 0.600. The van der Waals surface area contributed by atoms with Gasteiger partial charge in [0.1, 0.15) is 0 Å². The molecule has 0 amide bonds. The van der Waals surface area contributed by atoms with Crippen LogP contribution in [0.2, 0.25) is 0 Å². The SMILES string of the molecule is CC(C)Cn1nc(C(F)(F)F)cc(CO)c1=O. The van der Waals surface area contributed by atoms with Crippen LogP contribution in [0.25, 0.3) is 0 Å². The Morgan fingerprint density at radius 3 is 2.47 bits per heavy atom. The summed E-state index contributed by atoms with van der Waals surface area (Å²) in [5, 5.41) is 12.1. The molecule has 0 spiro atoms. The van der Waals surface area contributed by atoms with Gasteiger partial charge >= 0.3 is 6.18 Å². The largest absolute Gasteiger partial charge is 0.435 e. The molecule has 0 bridgehead atoms. The third-order valence-corrected chi connectivity index (χ3v) is 2.05. The molecule has 1 aromatic rings. The molecule has 0 saturated heterocycles. The van der Waals surface area contributed by atoms with Crippen molar-refractivity contribution in [1.82, 2.24) is 9.78 Å². The van der Waals surface area contributed by atoms with E-state index in [0.717, 1.165) is 4.68 Å². The first-order chi connectivity index (χ1) is 7.75. The van der Waals surface area contributed by atoms with Gasteiger partial charge in [0, 0.05) is 12.1 Å². The van der Waals surface area contributed by atoms with Crippen LogP contribution in [0.4, 0.5) is 13.2 Å². The van der Waals surface area contributed by atoms with E-state index in [1.165, 1.54) is 0 Å². The first-order valence-electron chi connectivity index (χ1n) is 5.04. The summed E-state index contributed by atoms with van der Waals surface area (Å²) in [4.78, 5) is 11.6. The Bertz CT molecular complexity index is 452. The van der Waals surface area contributed by atoms with Gasteiger partial charge in [0.15, 0.2) is 5.69 Å². The van der Waals surface area contributed by atoms with Gasteiger partial charge in [-0.05, 0) is 12.0 Å². The molecular formula is C10H13F3N2O2. The van der Waals surface area contributed by atoms with Gasteiger partial charge in [0.2, 0.25) is 0 Å². The summed E-state index contributed by atoms with van der Waals surface area (Å²) >= 11 is 0. The van der Waals surface area contributed by atoms with E-state index < -0.39 is 24.0 Å². The van der Waals surface area contributed by atoms with Crippen molar-refractivity contribution in [3.8, 4) is 0 Å². The van der Waals surface area contributed by atoms with E-state index in [0.29, 0.717) is 6.07 Å². The van der Waals surface area contributed by atoms with Crippen LogP contribution in [-0.2, 0) is 19.3 Å². The number of aliphatic hydroxyl groups is 1. The van der Waals surface area contributed by atoms with Gasteiger partial charge in [-0.2, -0.15) is 18.3 Å². The molecule has 0 aliphatic carbocycles. The van der Waals surface area contributed by atoms with Gasteiger partial charge in [-0.25, -0.2) is 4.68 Å². The van der Waals surface area contributed by atoms with E-state index in [1.54, 1.807) is 13.8 Å². The molecule has 0 aliphatic heterocycles. The number of halogens is 3. The molecule has 0 fully saturated rings. The fourth-order valence-electron chi connectivity index (χ4n) is 1.32. The molecule has 0 radical (unpaired) electrons. The topological polar surface area (TPSA) is 55.1 Å². The average Bonchev–Trinajstić information content (AvgIpc) is 2.18. The van der Waals surface area contributed by atoms with Crippen LogP contribution in [0.1, 0.15) is 25.1 Å². The second-order valence-electron chi connectivity index (χ2n) is 4.09. The van der Waals surface area contributed by atoms with Gasteiger partial charge in [0.25, 0.3) is 5.56 Å². The fourth-order valence-corrected chi connectivity index (χ4v) is 1.32. The lowest BCUT2D eigenvalue weighted by Crippen LogP contribution is -2.31. The summed E-state index contributed by atoms with van der Waals surface area (Å²) in [6.07, 6.45) is -4.63. The standard InChI is InChI=1S/C10H13F3N2O2/c1-6(2)4-15-9(17)7(5-16)3-8(14-15)10(11,12)13/h3,6,16H,4-5H2,1-2H3. The Kier molecular flexibility index (Phi) is 3.92. The molecule has 0 unspecified atom stereocenters. The van der Waals surface area contributed by atoms with Gasteiger partial charge in [-0.15, -0.1) is 0 Å². The van der Waals surface area contributed by atoms with Gasteiger partial charge in [0.05, 0.1) is 6.61 Å². The summed E-state index contributed by atoms with van der Waals surface area (Å²) in [7, 11) is 0. The maximum absolute atomic E-state index is 12.5. The minimum absolute atomic E-state index is 0.0183. The Morgan fingerprint density at radius 2 is 2.06 bits per heavy atom. The predicted molar refractivity (Wildman–Crippen MR) is 54.3 cm³/mol. The van der Waals surface area contributed by atoms with Crippen molar-refractivity contribution < 1.29 is 18.3 Å². The molecule has 0 aliphatic rings. The number of rotatable bonds is 3. The molecule has 4 nitrogen and oxygen atoms in total. The van der Waals surface area contributed by atoms with Crippen LogP contribution in [0.5, 0.6) is 0 Å². The lowest BCUT2D eigenvalue weighted by molar-refractivity contribution is -0.142. The molecule has 1 rings (SSSR count). The Hall–Kier alpha value is -1.37. The summed E-state index contributed by atoms with van der Waals surface area (Å²) < 4.78 is 38.2. The van der Waals surface area contributed by atoms with Crippen molar-refractivity contribution in [1.29, 1.82) is 0 Å². The highest BCUT2D eigenvalue weighted by atomic mass is 19.4. The van der Waals surface area contributed by atoms with Crippen molar-refractivity contribution in [3.05, 3.63) is 27.7 Å². The molecular weight excluding hydrogens is 237 g/mol. The summed E-state index contributed by atoms with van der Waals surface area (Å²) in [5.74, 6) is -0.0183. The maximum atomic E-state index is 12.5. The number of nitrogens with zero attached hydrogens (tertiary/aromatic N) is 2. The number of aromatic nitrogens is 2. The molecule has 1 heterocycles. The number of hydrogen-bond donors (Lipinski definition) is 1. The summed E-state index contributed by atoms with van der Waals surface area (Å²) in [6, 6.07) is 0.582. The molecule has 96 valence electrons. The van der Waals surface area contributed by atoms with Crippen LogP contribution in [0.3, 0.4) is 0 Å². The maximum Gasteiger partial charge on any atom is 0.435 e. The van der Waals surface area contributed by atoms with E-state index in [1.807, 2.05) is 0 Å². The van der Waals surface area contributed by atoms with Crippen LogP contribution in [0, 0.1) is 5.92 Å². The third-order valence-electron chi connectivity index (χ3n) is 2.05. The van der Waals surface area contributed by atoms with Crippen LogP contribution >= 0.6 is 0 Å². The van der Waals surface area contributed by atoms with E-state index >= 15 is 0 Å². The predicted octanol–water partition coefficient (Wildman–Crippen LogP) is 1.41. The van der Waals surface area contributed by atoms with E-state index in [2.05, 4.69) is 5.10 Å². The Labute approximate surface area is 95.7 Å². The highest BCUT2D eigenvalue weighted by Crippen LogP contribution is 2.27. The van der Waals surface area contributed by atoms with Crippen molar-refractivity contribution >= 4 is 0 Å². The second kappa shape index (κ2) is 4.87. The van der Waals surface area contributed by atoms with Crippen LogP contribution < -0.4 is 5.56 Å². The van der Waals surface area contributed by atoms with Gasteiger partial charge in [-0.1, -0.05) is 13.8 Å². The first kappa shape index (κ1) is 13.7. The molecule has 1 aromatic heterocycles. The van der Waals surface area contributed by atoms with Crippen molar-refractivity contribution in [2.24, 2.45) is 5.92 Å². The van der Waals surface area contributed by atoms with E-state index in [-0.39, 0.29) is 18.0 Å². The van der Waals surface area contributed by atoms with E-state index in [4.69, 9.17) is 5.11 Å². The van der Waals surface area contributed by atoms with Gasteiger partial charge < -0.3 is 5.11 Å². The highest BCUT2D eigenvalue weighted by Gasteiger charge is 2.34. The molecule has 1 N–H and O–H groups in total. The lowest BCUT2D eigenvalue weighted by atomic mass is 10.2. The molecule has 0 aromatic carbocycles. The monoisotopic (exact) mass is 250 g/mol. The zero-order valence-corrected chi connectivity index (χ0v) is 9.45. The minimum Gasteiger partial charge on any atom is -0.391 e. The highest BCUT2D eigenvalue weighted by molar-refractivity contribution is 5.15. The smallest absolute Gasteiger partial charge is 0.391 e. The Morgan fingerprint density at radius 1 is 1.47 bits per heavy atom. The normalized spacial score (nSPS) is 12.2. The minimum atomic E-state index is -4.63. The quantitative estimate of drug-likeness (QED) is 0.882. The lowest BCUT2D eigenvalue weighted by Gasteiger charge is -2.12. The second-order valence-corrected chi connectivity index (χ2v) is 4.09. The molecule has 0 atom stereocenters. The van der Waals surface area contributed by atoms with Crippen molar-refractivity contribution in [2.45, 2.75) is 33.2 Å². The number of alkyl halides is 3. The zero-order chi connectivity index (χ0) is 13.2. The average molecular weight is 250 g/mol. The number of aliphatic hydroxyl groups excluding tert-OH is 1. The first-order valence-corrected chi connectivity index (χ1v) is 5.04. The third kappa shape index (κ3) is 3.29. The van der Waals surface area contributed by atoms with Crippen molar-refractivity contribution in [2.75, 3.05) is 0 Å².